The molecule has 10 heavy (non-hydrogen) atoms. The molecule has 1 nitrogen and oxygen atoms in total. The molecule has 0 aliphatic carbocycles. The molecule has 0 aliphatic rings. The highest BCUT2D eigenvalue weighted by molar-refractivity contribution is 7.18. The van der Waals surface area contributed by atoms with Crippen LogP contribution < -0.4 is 0 Å². The van der Waals surface area contributed by atoms with Crippen LogP contribution in [0.2, 0.25) is 5.02 Å². The van der Waals surface area contributed by atoms with E-state index in [2.05, 4.69) is 0 Å². The molecule has 0 saturated heterocycles. The summed E-state index contributed by atoms with van der Waals surface area (Å²) in [6.07, 6.45) is 1.57. The van der Waals surface area contributed by atoms with Crippen LogP contribution in [0.5, 0.6) is 0 Å². The minimum absolute atomic E-state index is 0.708. The van der Waals surface area contributed by atoms with E-state index >= 15 is 0 Å². The lowest BCUT2D eigenvalue weighted by atomic mass is 10.4. The Morgan fingerprint density at radius 3 is 3.10 bits per heavy atom. The predicted molar refractivity (Wildman–Crippen MR) is 43.8 cm³/mol. The molecular weight excluding hydrogens is 168 g/mol. The first-order valence-corrected chi connectivity index (χ1v) is 4.10. The Balaban J connectivity index is 2.90. The van der Waals surface area contributed by atoms with Gasteiger partial charge in [0.2, 0.25) is 0 Å². The number of furan rings is 1. The zero-order chi connectivity index (χ0) is 7.14. The third-order valence-corrected chi connectivity index (χ3v) is 2.58. The summed E-state index contributed by atoms with van der Waals surface area (Å²) in [5.74, 6) is 0. The van der Waals surface area contributed by atoms with Crippen molar-refractivity contribution in [3.8, 4) is 0 Å². The lowest BCUT2D eigenvalue weighted by Gasteiger charge is -1.73. The summed E-state index contributed by atoms with van der Waals surface area (Å²) >= 11 is 7.42. The molecule has 0 spiro atoms. The van der Waals surface area contributed by atoms with E-state index < -0.39 is 0 Å². The molecule has 52 valence electrons. The van der Waals surface area contributed by atoms with Crippen molar-refractivity contribution in [2.75, 3.05) is 0 Å². The molecule has 2 aromatic heterocycles. The Labute approximate surface area is 67.2 Å². The lowest BCUT2D eigenvalue weighted by Crippen LogP contribution is -1.51. The van der Waals surface area contributed by atoms with E-state index in [1.54, 1.807) is 17.6 Å². The van der Waals surface area contributed by atoms with Crippen molar-refractivity contribution in [3.05, 3.63) is 22.2 Å². The van der Waals surface area contributed by atoms with Gasteiger partial charge in [-0.1, -0.05) is 11.6 Å². The smallest absolute Gasteiger partial charge is 0.189 e. The average molecular weight is 173 g/mol. The molecule has 0 atom stereocenters. The molecular formula is C7H5ClOS. The number of hydrogen-bond acceptors (Lipinski definition) is 2. The minimum Gasteiger partial charge on any atom is -0.452 e. The first-order chi connectivity index (χ1) is 4.77. The highest BCUT2D eigenvalue weighted by atomic mass is 35.5. The number of thiophene rings is 1. The van der Waals surface area contributed by atoms with Gasteiger partial charge in [0.25, 0.3) is 0 Å². The molecule has 3 heteroatoms. The normalized spacial score (nSPS) is 11.0. The van der Waals surface area contributed by atoms with Gasteiger partial charge in [0.1, 0.15) is 6.26 Å². The molecule has 0 radical (unpaired) electrons. The average Bonchev–Trinajstić information content (AvgIpc) is 2.35. The number of hydrogen-bond donors (Lipinski definition) is 0. The van der Waals surface area contributed by atoms with Gasteiger partial charge in [-0.25, -0.2) is 0 Å². The van der Waals surface area contributed by atoms with E-state index in [0.717, 1.165) is 10.3 Å². The van der Waals surface area contributed by atoms with E-state index in [1.165, 1.54) is 4.88 Å². The summed E-state index contributed by atoms with van der Waals surface area (Å²) in [6.45, 7) is 2.04. The topological polar surface area (TPSA) is 13.1 Å². The van der Waals surface area contributed by atoms with Crippen molar-refractivity contribution >= 4 is 33.2 Å². The molecule has 2 heterocycles. The predicted octanol–water partition coefficient (Wildman–Crippen LogP) is 3.46. The number of fused-ring (bicyclic) bond motifs is 1. The zero-order valence-corrected chi connectivity index (χ0v) is 6.92. The first kappa shape index (κ1) is 6.25. The van der Waals surface area contributed by atoms with Gasteiger partial charge in [0.15, 0.2) is 4.90 Å². The number of rotatable bonds is 0. The van der Waals surface area contributed by atoms with E-state index in [9.17, 15) is 0 Å². The van der Waals surface area contributed by atoms with Crippen LogP contribution in [0.15, 0.2) is 16.7 Å². The van der Waals surface area contributed by atoms with Crippen molar-refractivity contribution in [2.24, 2.45) is 0 Å². The molecule has 0 bridgehead atoms. The van der Waals surface area contributed by atoms with Crippen LogP contribution in [0.25, 0.3) is 10.3 Å². The van der Waals surface area contributed by atoms with E-state index in [1.807, 2.05) is 13.0 Å². The van der Waals surface area contributed by atoms with Gasteiger partial charge in [-0.2, -0.15) is 0 Å². The SMILES string of the molecule is Cc1cc2c(Cl)coc2s1. The fourth-order valence-electron chi connectivity index (χ4n) is 0.916. The summed E-state index contributed by atoms with van der Waals surface area (Å²) in [5.41, 5.74) is 0. The van der Waals surface area contributed by atoms with Crippen molar-refractivity contribution in [3.63, 3.8) is 0 Å². The summed E-state index contributed by atoms with van der Waals surface area (Å²) in [4.78, 5) is 2.15. The molecule has 0 aliphatic heterocycles. The molecule has 0 saturated carbocycles. The van der Waals surface area contributed by atoms with Gasteiger partial charge >= 0.3 is 0 Å². The summed E-state index contributed by atoms with van der Waals surface area (Å²) < 4.78 is 5.16. The largest absolute Gasteiger partial charge is 0.452 e. The fraction of sp³-hybridized carbons (Fsp3) is 0.143. The van der Waals surface area contributed by atoms with Crippen LogP contribution in [0.4, 0.5) is 0 Å². The van der Waals surface area contributed by atoms with E-state index in [0.29, 0.717) is 5.02 Å². The van der Waals surface area contributed by atoms with Gasteiger partial charge in [-0.15, -0.1) is 11.3 Å². The maximum atomic E-state index is 5.80. The summed E-state index contributed by atoms with van der Waals surface area (Å²) in [7, 11) is 0. The van der Waals surface area contributed by atoms with Gasteiger partial charge in [0, 0.05) is 4.88 Å². The summed E-state index contributed by atoms with van der Waals surface area (Å²) in [6, 6.07) is 2.03. The van der Waals surface area contributed by atoms with Gasteiger partial charge < -0.3 is 4.42 Å². The number of aryl methyl sites for hydroxylation is 1. The molecule has 2 rings (SSSR count). The van der Waals surface area contributed by atoms with Crippen molar-refractivity contribution in [2.45, 2.75) is 6.92 Å². The molecule has 0 amide bonds. The third kappa shape index (κ3) is 0.762. The molecule has 0 N–H and O–H groups in total. The van der Waals surface area contributed by atoms with Gasteiger partial charge in [-0.05, 0) is 13.0 Å². The Morgan fingerprint density at radius 1 is 1.60 bits per heavy atom. The highest BCUT2D eigenvalue weighted by Crippen LogP contribution is 2.32. The highest BCUT2D eigenvalue weighted by Gasteiger charge is 2.05. The van der Waals surface area contributed by atoms with Crippen LogP contribution in [0.3, 0.4) is 0 Å². The van der Waals surface area contributed by atoms with Gasteiger partial charge in [0.05, 0.1) is 10.4 Å². The Bertz CT molecular complexity index is 360. The van der Waals surface area contributed by atoms with Crippen LogP contribution in [0, 0.1) is 6.92 Å². The second-order valence-electron chi connectivity index (χ2n) is 2.14. The first-order valence-electron chi connectivity index (χ1n) is 2.90. The molecule has 0 fully saturated rings. The van der Waals surface area contributed by atoms with Crippen molar-refractivity contribution < 1.29 is 4.42 Å². The zero-order valence-electron chi connectivity index (χ0n) is 5.35. The van der Waals surface area contributed by atoms with Crippen LogP contribution >= 0.6 is 22.9 Å². The standard InChI is InChI=1S/C7H5ClOS/c1-4-2-5-6(8)3-9-7(5)10-4/h2-3H,1H3. The Kier molecular flexibility index (Phi) is 1.25. The number of halogens is 1. The Hall–Kier alpha value is -0.470. The second-order valence-corrected chi connectivity index (χ2v) is 3.77. The van der Waals surface area contributed by atoms with Crippen LogP contribution in [-0.2, 0) is 0 Å². The van der Waals surface area contributed by atoms with Crippen LogP contribution in [-0.4, -0.2) is 0 Å². The van der Waals surface area contributed by atoms with E-state index in [4.69, 9.17) is 16.0 Å². The quantitative estimate of drug-likeness (QED) is 0.593. The maximum Gasteiger partial charge on any atom is 0.189 e. The lowest BCUT2D eigenvalue weighted by molar-refractivity contribution is 0.624. The minimum atomic E-state index is 0.708. The Morgan fingerprint density at radius 2 is 2.40 bits per heavy atom. The molecule has 2 aromatic rings. The van der Waals surface area contributed by atoms with Crippen molar-refractivity contribution in [1.82, 2.24) is 0 Å². The molecule has 0 aromatic carbocycles. The maximum absolute atomic E-state index is 5.80. The fourth-order valence-corrected chi connectivity index (χ4v) is 2.00. The van der Waals surface area contributed by atoms with E-state index in [-0.39, 0.29) is 0 Å². The third-order valence-electron chi connectivity index (χ3n) is 1.35. The monoisotopic (exact) mass is 172 g/mol. The van der Waals surface area contributed by atoms with Crippen molar-refractivity contribution in [1.29, 1.82) is 0 Å². The van der Waals surface area contributed by atoms with Gasteiger partial charge in [-0.3, -0.25) is 0 Å². The van der Waals surface area contributed by atoms with Crippen LogP contribution in [0.1, 0.15) is 4.88 Å². The molecule has 0 unspecified atom stereocenters. The summed E-state index contributed by atoms with van der Waals surface area (Å²) in [5, 5.41) is 1.74. The second kappa shape index (κ2) is 2.01.